The average Bonchev–Trinajstić information content (AvgIpc) is 3.39. The van der Waals surface area contributed by atoms with E-state index in [0.29, 0.717) is 41.1 Å². The number of aromatic nitrogens is 1. The maximum atomic E-state index is 13.9. The summed E-state index contributed by atoms with van der Waals surface area (Å²) in [5.74, 6) is 1.52. The number of hydrogen-bond acceptors (Lipinski definition) is 5. The van der Waals surface area contributed by atoms with Gasteiger partial charge in [-0.2, -0.15) is 0 Å². The summed E-state index contributed by atoms with van der Waals surface area (Å²) in [6, 6.07) is 3.56. The van der Waals surface area contributed by atoms with Crippen molar-refractivity contribution in [2.75, 3.05) is 6.54 Å². The zero-order chi connectivity index (χ0) is 32.6. The first kappa shape index (κ1) is 32.5. The molecule has 7 nitrogen and oxygen atoms in total. The molecule has 0 aliphatic heterocycles. The number of carboxylic acid groups (broad SMARTS) is 1. The Morgan fingerprint density at radius 3 is 2.36 bits per heavy atom. The summed E-state index contributed by atoms with van der Waals surface area (Å²) in [5, 5.41) is 12.2. The van der Waals surface area contributed by atoms with Gasteiger partial charge < -0.3 is 15.2 Å². The predicted octanol–water partition coefficient (Wildman–Crippen LogP) is 7.55. The first-order valence-electron chi connectivity index (χ1n) is 17.7. The van der Waals surface area contributed by atoms with Gasteiger partial charge in [0.2, 0.25) is 5.91 Å². The fourth-order valence-corrected chi connectivity index (χ4v) is 13.0. The van der Waals surface area contributed by atoms with E-state index in [-0.39, 0.29) is 46.2 Å². The largest absolute Gasteiger partial charge is 0.480 e. The molecule has 0 bridgehead atoms. The number of pyridine rings is 1. The number of carboxylic acids is 1. The summed E-state index contributed by atoms with van der Waals surface area (Å²) in [7, 11) is 0. The number of rotatable bonds is 6. The van der Waals surface area contributed by atoms with E-state index in [4.69, 9.17) is 4.74 Å². The molecule has 1 amide bonds. The van der Waals surface area contributed by atoms with Crippen molar-refractivity contribution >= 4 is 17.8 Å². The zero-order valence-corrected chi connectivity index (χ0v) is 28.7. The number of carbonyl (C=O) groups excluding carboxylic acids is 2. The minimum absolute atomic E-state index is 0.0102. The van der Waals surface area contributed by atoms with E-state index in [1.54, 1.807) is 24.5 Å². The van der Waals surface area contributed by atoms with Gasteiger partial charge in [0.15, 0.2) is 0 Å². The molecular formula is C38H56N2O5. The third-order valence-corrected chi connectivity index (χ3v) is 15.3. The Morgan fingerprint density at radius 2 is 1.69 bits per heavy atom. The van der Waals surface area contributed by atoms with Crippen LogP contribution in [0.1, 0.15) is 123 Å². The number of fused-ring (bicyclic) bond motifs is 7. The lowest BCUT2D eigenvalue weighted by Crippen LogP contribution is -2.67. The summed E-state index contributed by atoms with van der Waals surface area (Å²) in [4.78, 5) is 42.6. The van der Waals surface area contributed by atoms with Gasteiger partial charge in [-0.1, -0.05) is 48.5 Å². The lowest BCUT2D eigenvalue weighted by molar-refractivity contribution is -0.247. The summed E-state index contributed by atoms with van der Waals surface area (Å²) < 4.78 is 6.25. The molecule has 5 saturated carbocycles. The molecule has 5 aliphatic carbocycles. The summed E-state index contributed by atoms with van der Waals surface area (Å²) in [6.07, 6.45) is 13.5. The Morgan fingerprint density at radius 1 is 0.933 bits per heavy atom. The minimum Gasteiger partial charge on any atom is -0.480 e. The molecule has 7 heteroatoms. The maximum Gasteiger partial charge on any atom is 0.339 e. The second kappa shape index (κ2) is 11.1. The van der Waals surface area contributed by atoms with E-state index in [9.17, 15) is 19.5 Å². The first-order chi connectivity index (χ1) is 21.1. The van der Waals surface area contributed by atoms with Gasteiger partial charge in [-0.25, -0.2) is 4.79 Å². The van der Waals surface area contributed by atoms with Crippen LogP contribution in [0.25, 0.3) is 0 Å². The highest BCUT2D eigenvalue weighted by Gasteiger charge is 2.72. The number of nitrogens with zero attached hydrogens (tertiary/aromatic N) is 1. The second-order valence-electron chi connectivity index (χ2n) is 17.4. The molecule has 1 heterocycles. The van der Waals surface area contributed by atoms with Crippen LogP contribution in [0.5, 0.6) is 0 Å². The molecule has 4 unspecified atom stereocenters. The van der Waals surface area contributed by atoms with Gasteiger partial charge in [0.05, 0.1) is 11.0 Å². The molecule has 1 aromatic rings. The summed E-state index contributed by atoms with van der Waals surface area (Å²) in [5.41, 5.74) is 0.364. The van der Waals surface area contributed by atoms with Crippen LogP contribution in [-0.2, 0) is 14.3 Å². The number of carbonyl (C=O) groups is 3. The lowest BCUT2D eigenvalue weighted by Gasteiger charge is -2.73. The van der Waals surface area contributed by atoms with Crippen molar-refractivity contribution < 1.29 is 24.2 Å². The van der Waals surface area contributed by atoms with Crippen LogP contribution < -0.4 is 5.32 Å². The van der Waals surface area contributed by atoms with Gasteiger partial charge in [-0.3, -0.25) is 14.6 Å². The van der Waals surface area contributed by atoms with Crippen molar-refractivity contribution in [2.24, 2.45) is 62.6 Å². The smallest absolute Gasteiger partial charge is 0.339 e. The van der Waals surface area contributed by atoms with Crippen molar-refractivity contribution in [1.82, 2.24) is 10.3 Å². The molecule has 1 aromatic heterocycles. The van der Waals surface area contributed by atoms with Crippen LogP contribution in [0, 0.1) is 62.6 Å². The highest BCUT2D eigenvalue weighted by atomic mass is 16.5. The number of hydrogen-bond donors (Lipinski definition) is 2. The van der Waals surface area contributed by atoms with Gasteiger partial charge in [-0.15, -0.1) is 0 Å². The Balaban J connectivity index is 1.29. The Labute approximate surface area is 270 Å². The standard InChI is InChI=1S/C38H56N2O5/c1-23(2)25-12-17-38(33(44)40-22-30(41)42)19-18-36(6)26(31(25)38)10-11-28-35(5)15-14-29(45-32(43)24-9-8-20-39-21-24)34(3,4)27(35)13-16-37(28,36)7/h8-9,20-21,23,25-29,31H,10-19,22H2,1-7H3,(H,40,44)(H,41,42)/t25-,26?,27?,28?,29+,31?,35-,36+,37+,38-/m0/s1. The van der Waals surface area contributed by atoms with Crippen LogP contribution in [0.4, 0.5) is 0 Å². The van der Waals surface area contributed by atoms with E-state index < -0.39 is 11.4 Å². The van der Waals surface area contributed by atoms with Gasteiger partial charge >= 0.3 is 11.9 Å². The average molecular weight is 621 g/mol. The third kappa shape index (κ3) is 4.71. The van der Waals surface area contributed by atoms with Crippen molar-refractivity contribution in [3.05, 3.63) is 30.1 Å². The molecule has 0 spiro atoms. The Kier molecular flexibility index (Phi) is 8.00. The van der Waals surface area contributed by atoms with Gasteiger partial charge in [0.25, 0.3) is 0 Å². The Hall–Kier alpha value is -2.44. The van der Waals surface area contributed by atoms with Crippen molar-refractivity contribution in [2.45, 2.75) is 119 Å². The predicted molar refractivity (Wildman–Crippen MR) is 173 cm³/mol. The zero-order valence-electron chi connectivity index (χ0n) is 28.7. The molecule has 0 aromatic carbocycles. The fourth-order valence-electron chi connectivity index (χ4n) is 13.0. The monoisotopic (exact) mass is 620 g/mol. The molecule has 0 saturated heterocycles. The minimum atomic E-state index is -0.974. The van der Waals surface area contributed by atoms with Gasteiger partial charge in [0.1, 0.15) is 12.6 Å². The van der Waals surface area contributed by atoms with Crippen LogP contribution >= 0.6 is 0 Å². The van der Waals surface area contributed by atoms with E-state index >= 15 is 0 Å². The summed E-state index contributed by atoms with van der Waals surface area (Å²) >= 11 is 0. The summed E-state index contributed by atoms with van der Waals surface area (Å²) in [6.45, 7) is 16.8. The lowest BCUT2D eigenvalue weighted by atomic mass is 9.32. The van der Waals surface area contributed by atoms with Crippen molar-refractivity contribution in [3.63, 3.8) is 0 Å². The van der Waals surface area contributed by atoms with Gasteiger partial charge in [0, 0.05) is 17.8 Å². The number of nitrogens with one attached hydrogen (secondary N) is 1. The van der Waals surface area contributed by atoms with E-state index in [0.717, 1.165) is 57.8 Å². The quantitative estimate of drug-likeness (QED) is 0.318. The highest BCUT2D eigenvalue weighted by molar-refractivity contribution is 5.89. The normalized spacial score (nSPS) is 43.3. The van der Waals surface area contributed by atoms with Crippen molar-refractivity contribution in [1.29, 1.82) is 0 Å². The van der Waals surface area contributed by atoms with E-state index in [1.165, 1.54) is 6.42 Å². The maximum absolute atomic E-state index is 13.9. The molecule has 45 heavy (non-hydrogen) atoms. The fraction of sp³-hybridized carbons (Fsp3) is 0.789. The SMILES string of the molecule is CC(C)[C@@H]1CC[C@]2(C(=O)NCC(=O)O)CC[C@]3(C)C(CCC4[C@@]5(C)CC[C@@H](OC(=O)c6cccnc6)C(C)(C)C5CC[C@]43C)C12. The number of amides is 1. The van der Waals surface area contributed by atoms with Gasteiger partial charge in [-0.05, 0) is 128 Å². The molecule has 5 fully saturated rings. The number of aliphatic carboxylic acids is 1. The van der Waals surface area contributed by atoms with Crippen molar-refractivity contribution in [3.8, 4) is 0 Å². The number of ether oxygens (including phenoxy) is 1. The van der Waals surface area contributed by atoms with E-state index in [1.807, 2.05) is 0 Å². The molecule has 248 valence electrons. The molecule has 2 N–H and O–H groups in total. The molecule has 5 aliphatic rings. The highest BCUT2D eigenvalue weighted by Crippen LogP contribution is 2.77. The topological polar surface area (TPSA) is 106 Å². The molecule has 10 atom stereocenters. The third-order valence-electron chi connectivity index (χ3n) is 15.3. The molecule has 6 rings (SSSR count). The number of esters is 1. The second-order valence-corrected chi connectivity index (χ2v) is 17.4. The Bertz CT molecular complexity index is 1330. The molecular weight excluding hydrogens is 564 g/mol. The van der Waals surface area contributed by atoms with Crippen LogP contribution in [0.2, 0.25) is 0 Å². The van der Waals surface area contributed by atoms with Crippen LogP contribution in [0.3, 0.4) is 0 Å². The van der Waals surface area contributed by atoms with Crippen LogP contribution in [0.15, 0.2) is 24.5 Å². The van der Waals surface area contributed by atoms with E-state index in [2.05, 4.69) is 58.8 Å². The van der Waals surface area contributed by atoms with Crippen LogP contribution in [-0.4, -0.2) is 40.6 Å². The first-order valence-corrected chi connectivity index (χ1v) is 17.7. The molecule has 0 radical (unpaired) electrons.